The number of hydrogen-bond acceptors (Lipinski definition) is 2. The van der Waals surface area contributed by atoms with Gasteiger partial charge in [-0.3, -0.25) is 4.98 Å². The summed E-state index contributed by atoms with van der Waals surface area (Å²) >= 11 is 2.30. The summed E-state index contributed by atoms with van der Waals surface area (Å²) in [6, 6.07) is 2.08. The third-order valence-corrected chi connectivity index (χ3v) is 3.63. The maximum atomic E-state index is 5.37. The summed E-state index contributed by atoms with van der Waals surface area (Å²) in [5, 5.41) is 2.42. The molecule has 2 aromatic rings. The zero-order valence-electron chi connectivity index (χ0n) is 8.97. The second-order valence-corrected chi connectivity index (χ2v) is 4.71. The molecule has 0 aliphatic heterocycles. The van der Waals surface area contributed by atoms with Gasteiger partial charge in [-0.25, -0.2) is 0 Å². The lowest BCUT2D eigenvalue weighted by Crippen LogP contribution is -1.93. The Bertz CT molecular complexity index is 523. The molecule has 0 atom stereocenters. The lowest BCUT2D eigenvalue weighted by Gasteiger charge is -2.11. The Labute approximate surface area is 103 Å². The molecule has 0 N–H and O–H groups in total. The summed E-state index contributed by atoms with van der Waals surface area (Å²) in [5.74, 6) is 0.948. The minimum atomic E-state index is 0.948. The summed E-state index contributed by atoms with van der Waals surface area (Å²) < 4.78 is 6.52. The predicted molar refractivity (Wildman–Crippen MR) is 70.5 cm³/mol. The zero-order valence-corrected chi connectivity index (χ0v) is 11.1. The summed E-state index contributed by atoms with van der Waals surface area (Å²) in [5.41, 5.74) is 2.43. The van der Waals surface area contributed by atoms with Crippen molar-refractivity contribution in [1.29, 1.82) is 0 Å². The number of hydrogen-bond donors (Lipinski definition) is 0. The number of pyridine rings is 1. The Morgan fingerprint density at radius 2 is 1.87 bits per heavy atom. The lowest BCUT2D eigenvalue weighted by atomic mass is 10.0. The zero-order chi connectivity index (χ0) is 11.0. The van der Waals surface area contributed by atoms with Crippen molar-refractivity contribution in [3.05, 3.63) is 33.2 Å². The number of aryl methyl sites for hydroxylation is 1. The Balaban J connectivity index is 2.91. The number of nitrogens with zero attached hydrogens (tertiary/aromatic N) is 1. The van der Waals surface area contributed by atoms with Gasteiger partial charge in [0.25, 0.3) is 0 Å². The first-order valence-electron chi connectivity index (χ1n) is 4.72. The van der Waals surface area contributed by atoms with E-state index < -0.39 is 0 Å². The summed E-state index contributed by atoms with van der Waals surface area (Å²) in [7, 11) is 1.71. The minimum Gasteiger partial charge on any atom is -0.496 e. The molecule has 78 valence electrons. The van der Waals surface area contributed by atoms with Crippen LogP contribution >= 0.6 is 22.6 Å². The van der Waals surface area contributed by atoms with Crippen LogP contribution in [0.25, 0.3) is 10.8 Å². The van der Waals surface area contributed by atoms with E-state index in [1.165, 1.54) is 21.9 Å². The van der Waals surface area contributed by atoms with E-state index in [-0.39, 0.29) is 0 Å². The molecule has 0 saturated heterocycles. The fourth-order valence-corrected chi connectivity index (χ4v) is 2.34. The van der Waals surface area contributed by atoms with E-state index in [1.807, 2.05) is 12.4 Å². The molecule has 2 nitrogen and oxygen atoms in total. The van der Waals surface area contributed by atoms with Gasteiger partial charge in [0, 0.05) is 26.7 Å². The third-order valence-electron chi connectivity index (χ3n) is 2.77. The van der Waals surface area contributed by atoms with Crippen LogP contribution in [0.4, 0.5) is 0 Å². The van der Waals surface area contributed by atoms with E-state index in [0.29, 0.717) is 0 Å². The van der Waals surface area contributed by atoms with Gasteiger partial charge >= 0.3 is 0 Å². The van der Waals surface area contributed by atoms with Crippen LogP contribution in [0.2, 0.25) is 0 Å². The highest BCUT2D eigenvalue weighted by molar-refractivity contribution is 14.1. The number of ether oxygens (including phenoxy) is 1. The van der Waals surface area contributed by atoms with Crippen LogP contribution in [-0.4, -0.2) is 12.1 Å². The number of benzene rings is 1. The molecule has 3 heteroatoms. The Morgan fingerprint density at radius 3 is 2.53 bits per heavy atom. The van der Waals surface area contributed by atoms with Crippen molar-refractivity contribution < 1.29 is 4.74 Å². The number of rotatable bonds is 1. The quantitative estimate of drug-likeness (QED) is 0.752. The molecular formula is C12H12INO. The summed E-state index contributed by atoms with van der Waals surface area (Å²) in [6.45, 7) is 4.19. The van der Waals surface area contributed by atoms with E-state index in [0.717, 1.165) is 9.32 Å². The van der Waals surface area contributed by atoms with Crippen molar-refractivity contribution in [3.8, 4) is 5.75 Å². The monoisotopic (exact) mass is 313 g/mol. The van der Waals surface area contributed by atoms with Crippen LogP contribution in [0, 0.1) is 17.4 Å². The normalized spacial score (nSPS) is 10.7. The maximum absolute atomic E-state index is 5.37. The van der Waals surface area contributed by atoms with Crippen LogP contribution in [0.3, 0.4) is 0 Å². The highest BCUT2D eigenvalue weighted by Crippen LogP contribution is 2.31. The Morgan fingerprint density at radius 1 is 1.13 bits per heavy atom. The van der Waals surface area contributed by atoms with Gasteiger partial charge in [0.1, 0.15) is 5.75 Å². The minimum absolute atomic E-state index is 0.948. The van der Waals surface area contributed by atoms with Crippen molar-refractivity contribution in [2.24, 2.45) is 0 Å². The van der Waals surface area contributed by atoms with Crippen molar-refractivity contribution in [3.63, 3.8) is 0 Å². The number of fused-ring (bicyclic) bond motifs is 1. The molecule has 1 aromatic carbocycles. The smallest absolute Gasteiger partial charge is 0.122 e. The summed E-state index contributed by atoms with van der Waals surface area (Å²) in [6.07, 6.45) is 3.79. The van der Waals surface area contributed by atoms with Gasteiger partial charge in [0.05, 0.1) is 7.11 Å². The molecule has 1 aromatic heterocycles. The molecule has 0 spiro atoms. The van der Waals surface area contributed by atoms with Crippen LogP contribution < -0.4 is 4.74 Å². The van der Waals surface area contributed by atoms with E-state index in [1.54, 1.807) is 7.11 Å². The third kappa shape index (κ3) is 1.69. The van der Waals surface area contributed by atoms with E-state index in [9.17, 15) is 0 Å². The fourth-order valence-electron chi connectivity index (χ4n) is 1.73. The molecule has 0 amide bonds. The largest absolute Gasteiger partial charge is 0.496 e. The van der Waals surface area contributed by atoms with E-state index in [4.69, 9.17) is 4.74 Å². The molecule has 0 aliphatic carbocycles. The van der Waals surface area contributed by atoms with Crippen molar-refractivity contribution in [2.75, 3.05) is 7.11 Å². The Hall–Kier alpha value is -0.840. The van der Waals surface area contributed by atoms with Gasteiger partial charge in [-0.2, -0.15) is 0 Å². The van der Waals surface area contributed by atoms with Gasteiger partial charge in [-0.15, -0.1) is 0 Å². The van der Waals surface area contributed by atoms with Crippen LogP contribution in [0.5, 0.6) is 5.75 Å². The van der Waals surface area contributed by atoms with Gasteiger partial charge in [-0.1, -0.05) is 0 Å². The predicted octanol–water partition coefficient (Wildman–Crippen LogP) is 3.46. The van der Waals surface area contributed by atoms with Crippen LogP contribution in [0.1, 0.15) is 11.1 Å². The number of halogens is 1. The van der Waals surface area contributed by atoms with Gasteiger partial charge < -0.3 is 4.74 Å². The molecule has 1 heterocycles. The maximum Gasteiger partial charge on any atom is 0.122 e. The number of methoxy groups -OCH3 is 1. The topological polar surface area (TPSA) is 22.1 Å². The summed E-state index contributed by atoms with van der Waals surface area (Å²) in [4.78, 5) is 4.22. The second kappa shape index (κ2) is 3.96. The molecule has 15 heavy (non-hydrogen) atoms. The first kappa shape index (κ1) is 10.7. The molecular weight excluding hydrogens is 301 g/mol. The van der Waals surface area contributed by atoms with Crippen LogP contribution in [-0.2, 0) is 0 Å². The van der Waals surface area contributed by atoms with E-state index in [2.05, 4.69) is 47.5 Å². The first-order valence-corrected chi connectivity index (χ1v) is 5.80. The highest BCUT2D eigenvalue weighted by atomic mass is 127. The SMILES string of the molecule is COc1cc2c(I)cncc2c(C)c1C. The first-order chi connectivity index (χ1) is 7.15. The average Bonchev–Trinajstić information content (AvgIpc) is 2.24. The van der Waals surface area contributed by atoms with Crippen molar-refractivity contribution in [1.82, 2.24) is 4.98 Å². The molecule has 0 fully saturated rings. The second-order valence-electron chi connectivity index (χ2n) is 3.55. The molecule has 2 rings (SSSR count). The standard InChI is InChI=1S/C12H12INO/c1-7-8(2)12(15-3)4-9-10(7)5-14-6-11(9)13/h4-6H,1-3H3. The van der Waals surface area contributed by atoms with Gasteiger partial charge in [-0.05, 0) is 53.6 Å². The molecule has 0 saturated carbocycles. The number of aromatic nitrogens is 1. The molecule has 0 bridgehead atoms. The van der Waals surface area contributed by atoms with Crippen molar-refractivity contribution >= 4 is 33.4 Å². The lowest BCUT2D eigenvalue weighted by molar-refractivity contribution is 0.412. The molecule has 0 unspecified atom stereocenters. The van der Waals surface area contributed by atoms with Crippen LogP contribution in [0.15, 0.2) is 18.5 Å². The van der Waals surface area contributed by atoms with E-state index >= 15 is 0 Å². The molecule has 0 radical (unpaired) electrons. The highest BCUT2D eigenvalue weighted by Gasteiger charge is 2.09. The Kier molecular flexibility index (Phi) is 2.82. The van der Waals surface area contributed by atoms with Gasteiger partial charge in [0.2, 0.25) is 0 Å². The van der Waals surface area contributed by atoms with Crippen molar-refractivity contribution in [2.45, 2.75) is 13.8 Å². The average molecular weight is 313 g/mol. The van der Waals surface area contributed by atoms with Gasteiger partial charge in [0.15, 0.2) is 0 Å². The molecule has 0 aliphatic rings. The fraction of sp³-hybridized carbons (Fsp3) is 0.250.